The number of carbonyl (C=O) groups excluding carboxylic acids is 1. The number of methoxy groups -OCH3 is 1. The van der Waals surface area contributed by atoms with Crippen molar-refractivity contribution in [3.05, 3.63) is 42.4 Å². The number of aromatic nitrogens is 2. The van der Waals surface area contributed by atoms with Gasteiger partial charge < -0.3 is 15.4 Å². The van der Waals surface area contributed by atoms with Crippen LogP contribution in [-0.2, 0) is 0 Å². The summed E-state index contributed by atoms with van der Waals surface area (Å²) in [4.78, 5) is 20.3. The maximum atomic E-state index is 11.9. The molecule has 0 spiro atoms. The molecule has 0 atom stereocenters. The first-order valence-corrected chi connectivity index (χ1v) is 7.60. The van der Waals surface area contributed by atoms with Crippen LogP contribution in [-0.4, -0.2) is 29.5 Å². The summed E-state index contributed by atoms with van der Waals surface area (Å²) in [5.41, 5.74) is 1.18. The minimum absolute atomic E-state index is 0.200. The molecule has 1 amide bonds. The van der Waals surface area contributed by atoms with Gasteiger partial charge >= 0.3 is 0 Å². The van der Waals surface area contributed by atoms with E-state index < -0.39 is 0 Å². The lowest BCUT2D eigenvalue weighted by molar-refractivity contribution is 0.0946. The molecule has 0 bridgehead atoms. The fourth-order valence-corrected chi connectivity index (χ4v) is 1.90. The number of benzene rings is 1. The zero-order chi connectivity index (χ0) is 16.7. The number of anilines is 2. The first-order valence-electron chi connectivity index (χ1n) is 7.60. The SMILES string of the molecule is COc1ccc(Nc2cnc(C(=O)NCCC(C)C)cn2)cc1. The van der Waals surface area contributed by atoms with Crippen molar-refractivity contribution in [3.8, 4) is 5.75 Å². The Kier molecular flexibility index (Phi) is 5.91. The third kappa shape index (κ3) is 5.25. The smallest absolute Gasteiger partial charge is 0.271 e. The van der Waals surface area contributed by atoms with Crippen LogP contribution in [0.1, 0.15) is 30.8 Å². The zero-order valence-electron chi connectivity index (χ0n) is 13.7. The first kappa shape index (κ1) is 16.7. The zero-order valence-corrected chi connectivity index (χ0v) is 13.7. The second kappa shape index (κ2) is 8.12. The Balaban J connectivity index is 1.91. The molecule has 6 heteroatoms. The Hall–Kier alpha value is -2.63. The summed E-state index contributed by atoms with van der Waals surface area (Å²) in [5.74, 6) is 1.72. The Morgan fingerprint density at radius 2 is 1.91 bits per heavy atom. The molecule has 1 aromatic heterocycles. The van der Waals surface area contributed by atoms with Crippen LogP contribution in [0.2, 0.25) is 0 Å². The summed E-state index contributed by atoms with van der Waals surface area (Å²) < 4.78 is 5.11. The number of hydrogen-bond donors (Lipinski definition) is 2. The predicted molar refractivity (Wildman–Crippen MR) is 90.1 cm³/mol. The molecule has 0 unspecified atom stereocenters. The summed E-state index contributed by atoms with van der Waals surface area (Å²) in [7, 11) is 1.62. The fraction of sp³-hybridized carbons (Fsp3) is 0.353. The van der Waals surface area contributed by atoms with Crippen molar-refractivity contribution in [2.24, 2.45) is 5.92 Å². The van der Waals surface area contributed by atoms with Gasteiger partial charge in [0.05, 0.1) is 19.5 Å². The molecule has 0 fully saturated rings. The van der Waals surface area contributed by atoms with Crippen LogP contribution in [0.5, 0.6) is 5.75 Å². The topological polar surface area (TPSA) is 76.1 Å². The Labute approximate surface area is 136 Å². The average Bonchev–Trinajstić information content (AvgIpc) is 2.56. The summed E-state index contributed by atoms with van der Waals surface area (Å²) >= 11 is 0. The molecule has 1 heterocycles. The van der Waals surface area contributed by atoms with Crippen molar-refractivity contribution < 1.29 is 9.53 Å². The highest BCUT2D eigenvalue weighted by molar-refractivity contribution is 5.92. The van der Waals surface area contributed by atoms with Gasteiger partial charge in [-0.05, 0) is 36.6 Å². The van der Waals surface area contributed by atoms with E-state index in [4.69, 9.17) is 4.74 Å². The van der Waals surface area contributed by atoms with Gasteiger partial charge in [-0.2, -0.15) is 0 Å². The van der Waals surface area contributed by atoms with Crippen LogP contribution in [0.4, 0.5) is 11.5 Å². The van der Waals surface area contributed by atoms with Gasteiger partial charge in [-0.25, -0.2) is 9.97 Å². The number of nitrogens with one attached hydrogen (secondary N) is 2. The lowest BCUT2D eigenvalue weighted by Crippen LogP contribution is -2.26. The molecule has 0 aliphatic rings. The van der Waals surface area contributed by atoms with E-state index in [-0.39, 0.29) is 5.91 Å². The number of ether oxygens (including phenoxy) is 1. The molecule has 0 radical (unpaired) electrons. The number of rotatable bonds is 7. The van der Waals surface area contributed by atoms with Crippen LogP contribution >= 0.6 is 0 Å². The molecule has 122 valence electrons. The molecule has 23 heavy (non-hydrogen) atoms. The van der Waals surface area contributed by atoms with Crippen molar-refractivity contribution in [2.45, 2.75) is 20.3 Å². The van der Waals surface area contributed by atoms with Gasteiger partial charge in [0.2, 0.25) is 0 Å². The molecule has 2 aromatic rings. The number of carbonyl (C=O) groups is 1. The highest BCUT2D eigenvalue weighted by Crippen LogP contribution is 2.18. The minimum atomic E-state index is -0.200. The molecule has 0 saturated carbocycles. The van der Waals surface area contributed by atoms with Crippen LogP contribution in [0.3, 0.4) is 0 Å². The van der Waals surface area contributed by atoms with Crippen molar-refractivity contribution in [3.63, 3.8) is 0 Å². The van der Waals surface area contributed by atoms with E-state index >= 15 is 0 Å². The highest BCUT2D eigenvalue weighted by atomic mass is 16.5. The molecule has 1 aromatic carbocycles. The van der Waals surface area contributed by atoms with Gasteiger partial charge in [-0.15, -0.1) is 0 Å². The lowest BCUT2D eigenvalue weighted by Gasteiger charge is -2.08. The summed E-state index contributed by atoms with van der Waals surface area (Å²) in [5, 5.41) is 5.95. The summed E-state index contributed by atoms with van der Waals surface area (Å²) in [6, 6.07) is 7.47. The Bertz CT molecular complexity index is 624. The predicted octanol–water partition coefficient (Wildman–Crippen LogP) is 3.00. The monoisotopic (exact) mass is 314 g/mol. The van der Waals surface area contributed by atoms with E-state index in [1.165, 1.54) is 6.20 Å². The van der Waals surface area contributed by atoms with Crippen molar-refractivity contribution in [1.29, 1.82) is 0 Å². The van der Waals surface area contributed by atoms with Crippen molar-refractivity contribution in [1.82, 2.24) is 15.3 Å². The molecule has 0 aliphatic heterocycles. The normalized spacial score (nSPS) is 10.4. The van der Waals surface area contributed by atoms with Gasteiger partial charge in [0, 0.05) is 12.2 Å². The molecular formula is C17H22N4O2. The van der Waals surface area contributed by atoms with E-state index in [1.54, 1.807) is 13.3 Å². The standard InChI is InChI=1S/C17H22N4O2/c1-12(2)8-9-18-17(22)15-10-20-16(11-19-15)21-13-4-6-14(23-3)7-5-13/h4-7,10-12H,8-9H2,1-3H3,(H,18,22)(H,20,21). The molecule has 6 nitrogen and oxygen atoms in total. The highest BCUT2D eigenvalue weighted by Gasteiger charge is 2.08. The maximum Gasteiger partial charge on any atom is 0.271 e. The van der Waals surface area contributed by atoms with Crippen molar-refractivity contribution in [2.75, 3.05) is 19.0 Å². The number of amides is 1. The second-order valence-corrected chi connectivity index (χ2v) is 5.58. The minimum Gasteiger partial charge on any atom is -0.497 e. The van der Waals surface area contributed by atoms with E-state index in [0.29, 0.717) is 24.0 Å². The van der Waals surface area contributed by atoms with Gasteiger partial charge in [-0.1, -0.05) is 13.8 Å². The van der Waals surface area contributed by atoms with E-state index in [0.717, 1.165) is 17.9 Å². The molecule has 0 aliphatic carbocycles. The average molecular weight is 314 g/mol. The van der Waals surface area contributed by atoms with E-state index in [9.17, 15) is 4.79 Å². The van der Waals surface area contributed by atoms with Crippen LogP contribution in [0.15, 0.2) is 36.7 Å². The quantitative estimate of drug-likeness (QED) is 0.821. The van der Waals surface area contributed by atoms with Crippen LogP contribution in [0, 0.1) is 5.92 Å². The summed E-state index contributed by atoms with van der Waals surface area (Å²) in [6.07, 6.45) is 3.95. The number of nitrogens with zero attached hydrogens (tertiary/aromatic N) is 2. The maximum absolute atomic E-state index is 11.9. The van der Waals surface area contributed by atoms with Gasteiger partial charge in [0.1, 0.15) is 17.3 Å². The van der Waals surface area contributed by atoms with Crippen LogP contribution in [0.25, 0.3) is 0 Å². The van der Waals surface area contributed by atoms with Crippen LogP contribution < -0.4 is 15.4 Å². The van der Waals surface area contributed by atoms with Crippen molar-refractivity contribution >= 4 is 17.4 Å². The Morgan fingerprint density at radius 1 is 1.17 bits per heavy atom. The molecule has 2 N–H and O–H groups in total. The molecular weight excluding hydrogens is 292 g/mol. The Morgan fingerprint density at radius 3 is 2.48 bits per heavy atom. The fourth-order valence-electron chi connectivity index (χ4n) is 1.90. The van der Waals surface area contributed by atoms with Gasteiger partial charge in [-0.3, -0.25) is 4.79 Å². The van der Waals surface area contributed by atoms with E-state index in [1.807, 2.05) is 24.3 Å². The summed E-state index contributed by atoms with van der Waals surface area (Å²) in [6.45, 7) is 4.88. The lowest BCUT2D eigenvalue weighted by atomic mass is 10.1. The van der Waals surface area contributed by atoms with E-state index in [2.05, 4.69) is 34.4 Å². The second-order valence-electron chi connectivity index (χ2n) is 5.58. The van der Waals surface area contributed by atoms with Gasteiger partial charge in [0.15, 0.2) is 0 Å². The third-order valence-corrected chi connectivity index (χ3v) is 3.25. The molecule has 0 saturated heterocycles. The number of hydrogen-bond acceptors (Lipinski definition) is 5. The third-order valence-electron chi connectivity index (χ3n) is 3.25. The first-order chi connectivity index (χ1) is 11.1. The van der Waals surface area contributed by atoms with Gasteiger partial charge in [0.25, 0.3) is 5.91 Å². The molecule has 2 rings (SSSR count). The largest absolute Gasteiger partial charge is 0.497 e.